The molecule has 2 N–H and O–H groups in total. The molecule has 0 aliphatic heterocycles. The molecule has 0 aromatic carbocycles. The van der Waals surface area contributed by atoms with Crippen molar-refractivity contribution in [2.24, 2.45) is 0 Å². The molecule has 0 aliphatic rings. The van der Waals surface area contributed by atoms with Gasteiger partial charge >= 0.3 is 19.8 Å². The van der Waals surface area contributed by atoms with Gasteiger partial charge in [0, 0.05) is 12.8 Å². The lowest BCUT2D eigenvalue weighted by Gasteiger charge is -2.18. The Labute approximate surface area is 287 Å². The molecule has 0 bridgehead atoms. The van der Waals surface area contributed by atoms with Gasteiger partial charge in [-0.3, -0.25) is 14.1 Å². The van der Waals surface area contributed by atoms with Crippen LogP contribution in [0.1, 0.15) is 174 Å². The van der Waals surface area contributed by atoms with E-state index >= 15 is 0 Å². The second kappa shape index (κ2) is 34.1. The normalized spacial score (nSPS) is 12.9. The van der Waals surface area contributed by atoms with Crippen LogP contribution in [0, 0.1) is 0 Å². The number of hydrogen-bond acceptors (Lipinski definition) is 6. The topological polar surface area (TPSA) is 119 Å². The van der Waals surface area contributed by atoms with E-state index in [-0.39, 0.29) is 19.4 Å². The Kier molecular flexibility index (Phi) is 32.9. The molecule has 0 fully saturated rings. The maximum atomic E-state index is 12.3. The van der Waals surface area contributed by atoms with Crippen molar-refractivity contribution in [1.82, 2.24) is 0 Å². The minimum absolute atomic E-state index is 0.200. The molecule has 0 saturated heterocycles. The van der Waals surface area contributed by atoms with Gasteiger partial charge in [-0.1, -0.05) is 127 Å². The Morgan fingerprint density at radius 3 is 1.43 bits per heavy atom. The first kappa shape index (κ1) is 45.3. The van der Waals surface area contributed by atoms with Crippen LogP contribution in [0.5, 0.6) is 0 Å². The maximum absolute atomic E-state index is 12.3. The molecule has 0 amide bonds. The van der Waals surface area contributed by atoms with Crippen molar-refractivity contribution in [1.29, 1.82) is 0 Å². The van der Waals surface area contributed by atoms with Crippen LogP contribution in [0.25, 0.3) is 0 Å². The van der Waals surface area contributed by atoms with E-state index in [1.165, 1.54) is 64.2 Å². The first-order valence-corrected chi connectivity index (χ1v) is 20.3. The van der Waals surface area contributed by atoms with E-state index in [1.54, 1.807) is 0 Å². The Morgan fingerprint density at radius 1 is 0.553 bits per heavy atom. The van der Waals surface area contributed by atoms with Gasteiger partial charge in [0.1, 0.15) is 6.61 Å². The van der Waals surface area contributed by atoms with Gasteiger partial charge in [-0.05, 0) is 70.6 Å². The van der Waals surface area contributed by atoms with Crippen LogP contribution in [0.3, 0.4) is 0 Å². The fourth-order valence-corrected chi connectivity index (χ4v) is 5.40. The van der Waals surface area contributed by atoms with E-state index in [9.17, 15) is 14.2 Å². The maximum Gasteiger partial charge on any atom is 0.469 e. The summed E-state index contributed by atoms with van der Waals surface area (Å²) in [6.07, 6.45) is 38.6. The highest BCUT2D eigenvalue weighted by Gasteiger charge is 2.22. The van der Waals surface area contributed by atoms with Crippen LogP contribution < -0.4 is 0 Å². The van der Waals surface area contributed by atoms with Crippen LogP contribution in [0.2, 0.25) is 0 Å². The monoisotopic (exact) mass is 684 g/mol. The lowest BCUT2D eigenvalue weighted by atomic mass is 10.1. The molecule has 0 saturated carbocycles. The van der Waals surface area contributed by atoms with Crippen LogP contribution in [0.15, 0.2) is 36.5 Å². The number of carbonyl (C=O) groups excluding carboxylic acids is 2. The number of ether oxygens (including phenoxy) is 2. The predicted octanol–water partition coefficient (Wildman–Crippen LogP) is 11.0. The van der Waals surface area contributed by atoms with Gasteiger partial charge in [0.15, 0.2) is 6.10 Å². The minimum atomic E-state index is -4.75. The fraction of sp³-hybridized carbons (Fsp3) is 0.789. The number of rotatable bonds is 34. The van der Waals surface area contributed by atoms with Crippen molar-refractivity contribution in [3.63, 3.8) is 0 Å². The van der Waals surface area contributed by atoms with Gasteiger partial charge in [0.2, 0.25) is 0 Å². The molecule has 47 heavy (non-hydrogen) atoms. The highest BCUT2D eigenvalue weighted by Crippen LogP contribution is 2.36. The van der Waals surface area contributed by atoms with E-state index in [0.29, 0.717) is 12.8 Å². The Bertz CT molecular complexity index is 864. The molecule has 0 spiro atoms. The van der Waals surface area contributed by atoms with Gasteiger partial charge in [-0.2, -0.15) is 0 Å². The number of unbranched alkanes of at least 4 members (excludes halogenated alkanes) is 18. The summed E-state index contributed by atoms with van der Waals surface area (Å²) in [6, 6.07) is 0. The van der Waals surface area contributed by atoms with E-state index in [1.807, 2.05) is 0 Å². The lowest BCUT2D eigenvalue weighted by Crippen LogP contribution is -2.29. The summed E-state index contributed by atoms with van der Waals surface area (Å²) in [7, 11) is -4.75. The lowest BCUT2D eigenvalue weighted by molar-refractivity contribution is -0.161. The van der Waals surface area contributed by atoms with Crippen molar-refractivity contribution in [3.05, 3.63) is 36.5 Å². The Hall–Kier alpha value is -1.73. The van der Waals surface area contributed by atoms with Crippen LogP contribution in [0.4, 0.5) is 0 Å². The van der Waals surface area contributed by atoms with E-state index in [0.717, 1.165) is 70.6 Å². The van der Waals surface area contributed by atoms with Crippen molar-refractivity contribution in [2.45, 2.75) is 180 Å². The first-order valence-electron chi connectivity index (χ1n) is 18.8. The molecule has 274 valence electrons. The third kappa shape index (κ3) is 36.9. The molecule has 0 aromatic rings. The van der Waals surface area contributed by atoms with Gasteiger partial charge < -0.3 is 19.3 Å². The zero-order chi connectivity index (χ0) is 34.7. The molecule has 0 heterocycles. The van der Waals surface area contributed by atoms with Crippen molar-refractivity contribution >= 4 is 19.8 Å². The molecule has 0 radical (unpaired) electrons. The molecule has 0 aliphatic carbocycles. The summed E-state index contributed by atoms with van der Waals surface area (Å²) in [4.78, 5) is 42.6. The zero-order valence-corrected chi connectivity index (χ0v) is 30.8. The summed E-state index contributed by atoms with van der Waals surface area (Å²) >= 11 is 0. The standard InChI is InChI=1S/C38H69O8P/c1-3-5-7-9-11-13-15-17-18-19-20-21-23-24-26-28-30-32-37(39)44-34-36(35-45-47(41,42)43)46-38(40)33-31-29-27-25-22-16-14-12-10-8-6-4-2/h11-14,17-18,36H,3-10,15-16,19-35H2,1-2H3,(H2,41,42,43)/b13-11+,14-12+,18-17+/t36-/m1/s1. The molecule has 0 rings (SSSR count). The zero-order valence-electron chi connectivity index (χ0n) is 29.9. The minimum Gasteiger partial charge on any atom is -0.462 e. The van der Waals surface area contributed by atoms with Gasteiger partial charge in [0.05, 0.1) is 6.61 Å². The van der Waals surface area contributed by atoms with Crippen LogP contribution in [-0.2, 0) is 28.2 Å². The summed E-state index contributed by atoms with van der Waals surface area (Å²) in [6.45, 7) is 3.61. The van der Waals surface area contributed by atoms with Crippen molar-refractivity contribution < 1.29 is 37.9 Å². The third-order valence-electron chi connectivity index (χ3n) is 7.88. The van der Waals surface area contributed by atoms with Crippen LogP contribution in [-0.4, -0.2) is 41.0 Å². The Balaban J connectivity index is 3.97. The first-order chi connectivity index (χ1) is 22.8. The fourth-order valence-electron chi connectivity index (χ4n) is 5.04. The largest absolute Gasteiger partial charge is 0.469 e. The predicted molar refractivity (Wildman–Crippen MR) is 193 cm³/mol. The molecular weight excluding hydrogens is 615 g/mol. The Morgan fingerprint density at radius 2 is 0.957 bits per heavy atom. The molecular formula is C38H69O8P. The molecule has 1 atom stereocenters. The summed E-state index contributed by atoms with van der Waals surface area (Å²) in [5, 5.41) is 0. The quantitative estimate of drug-likeness (QED) is 0.0297. The highest BCUT2D eigenvalue weighted by molar-refractivity contribution is 7.46. The van der Waals surface area contributed by atoms with E-state index in [4.69, 9.17) is 19.3 Å². The SMILES string of the molecule is CCCCC/C=C/C/C=C/CCCCCCCCCC(=O)OC[C@H](COP(=O)(O)O)OC(=O)CCCCCCC/C=C/CCCCC. The number of esters is 2. The average Bonchev–Trinajstić information content (AvgIpc) is 3.04. The second-order valence-electron chi connectivity index (χ2n) is 12.5. The number of carbonyl (C=O) groups is 2. The van der Waals surface area contributed by atoms with Gasteiger partial charge in [-0.25, -0.2) is 4.57 Å². The molecule has 0 aromatic heterocycles. The molecule has 8 nitrogen and oxygen atoms in total. The highest BCUT2D eigenvalue weighted by atomic mass is 31.2. The number of phosphoric acid groups is 1. The third-order valence-corrected chi connectivity index (χ3v) is 8.37. The van der Waals surface area contributed by atoms with Gasteiger partial charge in [0.25, 0.3) is 0 Å². The average molecular weight is 685 g/mol. The summed E-state index contributed by atoms with van der Waals surface area (Å²) in [5.41, 5.74) is 0. The second-order valence-corrected chi connectivity index (χ2v) is 13.8. The smallest absolute Gasteiger partial charge is 0.462 e. The van der Waals surface area contributed by atoms with E-state index in [2.05, 4.69) is 54.8 Å². The van der Waals surface area contributed by atoms with Crippen molar-refractivity contribution in [2.75, 3.05) is 13.2 Å². The van der Waals surface area contributed by atoms with E-state index < -0.39 is 32.5 Å². The van der Waals surface area contributed by atoms with Gasteiger partial charge in [-0.15, -0.1) is 0 Å². The summed E-state index contributed by atoms with van der Waals surface area (Å²) < 4.78 is 26.3. The van der Waals surface area contributed by atoms with Crippen LogP contribution >= 0.6 is 7.82 Å². The molecule has 0 unspecified atom stereocenters. The number of phosphoric ester groups is 1. The number of hydrogen-bond donors (Lipinski definition) is 2. The molecule has 9 heteroatoms. The summed E-state index contributed by atoms with van der Waals surface area (Å²) in [5.74, 6) is -0.905. The van der Waals surface area contributed by atoms with Crippen molar-refractivity contribution in [3.8, 4) is 0 Å². The number of allylic oxidation sites excluding steroid dienone is 6.